The molecule has 21 heavy (non-hydrogen) atoms. The fourth-order valence-electron chi connectivity index (χ4n) is 1.27. The Morgan fingerprint density at radius 1 is 1.33 bits per heavy atom. The zero-order valence-electron chi connectivity index (χ0n) is 11.4. The van der Waals surface area contributed by atoms with E-state index in [9.17, 15) is 14.4 Å². The lowest BCUT2D eigenvalue weighted by Crippen LogP contribution is -2.55. The van der Waals surface area contributed by atoms with Gasteiger partial charge in [-0.15, -0.1) is 6.58 Å². The Labute approximate surface area is 126 Å². The lowest BCUT2D eigenvalue weighted by atomic mass is 10.1. The molecule has 0 saturated heterocycles. The van der Waals surface area contributed by atoms with Crippen LogP contribution in [0.25, 0.3) is 0 Å². The maximum Gasteiger partial charge on any atom is 0.343 e. The molecule has 0 rings (SSSR count). The Kier molecular flexibility index (Phi) is 10.2. The van der Waals surface area contributed by atoms with Crippen LogP contribution >= 0.6 is 11.8 Å². The highest BCUT2D eigenvalue weighted by atomic mass is 32.2. The van der Waals surface area contributed by atoms with Crippen molar-refractivity contribution in [1.82, 2.24) is 10.9 Å². The first kappa shape index (κ1) is 19.4. The van der Waals surface area contributed by atoms with Crippen LogP contribution in [0.3, 0.4) is 0 Å². The van der Waals surface area contributed by atoms with E-state index in [1.807, 2.05) is 0 Å². The highest BCUT2D eigenvalue weighted by Gasteiger charge is 2.23. The van der Waals surface area contributed by atoms with Gasteiger partial charge in [-0.1, -0.05) is 6.08 Å². The number of nitrogens with two attached hydrogens (primary N) is 2. The molecular weight excluding hydrogens is 300 g/mol. The Balaban J connectivity index is 4.44. The van der Waals surface area contributed by atoms with Crippen LogP contribution < -0.4 is 22.5 Å². The van der Waals surface area contributed by atoms with Crippen LogP contribution in [0.4, 0.5) is 0 Å². The van der Waals surface area contributed by atoms with Crippen molar-refractivity contribution < 1.29 is 24.3 Å². The van der Waals surface area contributed by atoms with Crippen molar-refractivity contribution >= 4 is 29.6 Å². The molecule has 0 aliphatic carbocycles. The molecule has 2 atom stereocenters. The summed E-state index contributed by atoms with van der Waals surface area (Å²) in [5.41, 5.74) is 10.3. The summed E-state index contributed by atoms with van der Waals surface area (Å²) in [4.78, 5) is 37.3. The maximum absolute atomic E-state index is 11.5. The van der Waals surface area contributed by atoms with Crippen LogP contribution in [0.1, 0.15) is 12.8 Å². The molecule has 0 aromatic heterocycles. The van der Waals surface area contributed by atoms with E-state index in [0.29, 0.717) is 11.5 Å². The number of carboxylic acid groups (broad SMARTS) is 1. The predicted octanol–water partition coefficient (Wildman–Crippen LogP) is -1.50. The van der Waals surface area contributed by atoms with Gasteiger partial charge >= 0.3 is 11.9 Å². The van der Waals surface area contributed by atoms with Crippen molar-refractivity contribution in [3.05, 3.63) is 12.7 Å². The van der Waals surface area contributed by atoms with Gasteiger partial charge in [-0.25, -0.2) is 15.6 Å². The van der Waals surface area contributed by atoms with Crippen LogP contribution in [0, 0.1) is 0 Å². The molecule has 0 aromatic rings. The summed E-state index contributed by atoms with van der Waals surface area (Å²) in [6.07, 6.45) is 1.42. The number of hydrazine groups is 1. The summed E-state index contributed by atoms with van der Waals surface area (Å²) in [6.45, 7) is 3.55. The standard InChI is InChI=1S/C11H20N4O5S/c1-2-5-21-6-8(11(19)20-13)15-14-7(10(12)18)3-4-9(16)17/h2,7-8,14-15H,1,3-6,13H2,(H2,12,18)(H,16,17)/t7-,8-/m0/s1. The van der Waals surface area contributed by atoms with Gasteiger partial charge < -0.3 is 15.7 Å². The second-order valence-electron chi connectivity index (χ2n) is 3.99. The predicted molar refractivity (Wildman–Crippen MR) is 77.7 cm³/mol. The van der Waals surface area contributed by atoms with Gasteiger partial charge in [-0.3, -0.25) is 9.59 Å². The maximum atomic E-state index is 11.5. The molecule has 0 aliphatic rings. The molecule has 0 fully saturated rings. The van der Waals surface area contributed by atoms with Gasteiger partial charge in [0.05, 0.1) is 0 Å². The number of carbonyl (C=O) groups is 3. The molecule has 9 nitrogen and oxygen atoms in total. The summed E-state index contributed by atoms with van der Waals surface area (Å²) in [7, 11) is 0. The van der Waals surface area contributed by atoms with E-state index < -0.39 is 29.9 Å². The monoisotopic (exact) mass is 320 g/mol. The van der Waals surface area contributed by atoms with Crippen molar-refractivity contribution in [2.75, 3.05) is 11.5 Å². The molecule has 0 aliphatic heterocycles. The fourth-order valence-corrected chi connectivity index (χ4v) is 2.03. The summed E-state index contributed by atoms with van der Waals surface area (Å²) < 4.78 is 0. The largest absolute Gasteiger partial charge is 0.481 e. The molecule has 0 radical (unpaired) electrons. The van der Waals surface area contributed by atoms with Crippen LogP contribution in [0.15, 0.2) is 12.7 Å². The third-order valence-electron chi connectivity index (χ3n) is 2.34. The Morgan fingerprint density at radius 2 is 1.95 bits per heavy atom. The first-order chi connectivity index (χ1) is 9.92. The van der Waals surface area contributed by atoms with Gasteiger partial charge in [0.2, 0.25) is 5.91 Å². The van der Waals surface area contributed by atoms with Gasteiger partial charge in [-0.2, -0.15) is 17.7 Å². The minimum atomic E-state index is -1.05. The van der Waals surface area contributed by atoms with Gasteiger partial charge in [0, 0.05) is 17.9 Å². The average molecular weight is 320 g/mol. The van der Waals surface area contributed by atoms with Crippen LogP contribution in [0.5, 0.6) is 0 Å². The van der Waals surface area contributed by atoms with Gasteiger partial charge in [-0.05, 0) is 6.42 Å². The molecule has 0 spiro atoms. The zero-order chi connectivity index (χ0) is 16.3. The van der Waals surface area contributed by atoms with Crippen molar-refractivity contribution in [3.8, 4) is 0 Å². The van der Waals surface area contributed by atoms with E-state index >= 15 is 0 Å². The summed E-state index contributed by atoms with van der Waals surface area (Å²) in [6, 6.07) is -1.75. The minimum Gasteiger partial charge on any atom is -0.481 e. The van der Waals surface area contributed by atoms with Gasteiger partial charge in [0.15, 0.2) is 0 Å². The average Bonchev–Trinajstić information content (AvgIpc) is 2.43. The summed E-state index contributed by atoms with van der Waals surface area (Å²) >= 11 is 1.40. The smallest absolute Gasteiger partial charge is 0.343 e. The number of carbonyl (C=O) groups excluding carboxylic acids is 2. The van der Waals surface area contributed by atoms with E-state index in [-0.39, 0.29) is 12.8 Å². The molecule has 0 heterocycles. The zero-order valence-corrected chi connectivity index (χ0v) is 12.2. The Bertz CT molecular complexity index is 380. The molecule has 120 valence electrons. The highest BCUT2D eigenvalue weighted by Crippen LogP contribution is 2.04. The van der Waals surface area contributed by atoms with Crippen LogP contribution in [-0.4, -0.2) is 46.5 Å². The SMILES string of the molecule is C=CCSC[C@H](NN[C@@H](CCC(=O)O)C(N)=O)C(=O)ON. The van der Waals surface area contributed by atoms with Crippen LogP contribution in [0.2, 0.25) is 0 Å². The number of carboxylic acids is 1. The summed E-state index contributed by atoms with van der Waals surface area (Å²) in [5, 5.41) is 8.59. The number of hydrogen-bond acceptors (Lipinski definition) is 8. The summed E-state index contributed by atoms with van der Waals surface area (Å²) in [5.74, 6) is 3.26. The second kappa shape index (κ2) is 11.1. The van der Waals surface area contributed by atoms with Crippen LogP contribution in [-0.2, 0) is 19.2 Å². The number of nitrogens with one attached hydrogen (secondary N) is 2. The van der Waals surface area contributed by atoms with Crippen molar-refractivity contribution in [1.29, 1.82) is 0 Å². The van der Waals surface area contributed by atoms with E-state index in [1.165, 1.54) is 11.8 Å². The Morgan fingerprint density at radius 3 is 2.43 bits per heavy atom. The molecule has 0 aromatic carbocycles. The molecule has 7 N–H and O–H groups in total. The Hall–Kier alpha value is -1.62. The first-order valence-electron chi connectivity index (χ1n) is 6.03. The molecule has 0 unspecified atom stereocenters. The quantitative estimate of drug-likeness (QED) is 0.164. The molecule has 10 heteroatoms. The van der Waals surface area contributed by atoms with Crippen molar-refractivity contribution in [2.24, 2.45) is 11.6 Å². The number of thioether (sulfide) groups is 1. The first-order valence-corrected chi connectivity index (χ1v) is 7.19. The number of amides is 1. The van der Waals surface area contributed by atoms with E-state index in [0.717, 1.165) is 0 Å². The topological polar surface area (TPSA) is 157 Å². The molecule has 1 amide bonds. The minimum absolute atomic E-state index is 0.0120. The van der Waals surface area contributed by atoms with E-state index in [4.69, 9.17) is 16.7 Å². The number of primary amides is 1. The van der Waals surface area contributed by atoms with Crippen molar-refractivity contribution in [3.63, 3.8) is 0 Å². The molecule has 0 saturated carbocycles. The number of aliphatic carboxylic acids is 1. The molecular formula is C11H20N4O5S. The lowest BCUT2D eigenvalue weighted by Gasteiger charge is -2.20. The third kappa shape index (κ3) is 9.02. The molecule has 0 bridgehead atoms. The van der Waals surface area contributed by atoms with Gasteiger partial charge in [0.25, 0.3) is 0 Å². The highest BCUT2D eigenvalue weighted by molar-refractivity contribution is 7.99. The second-order valence-corrected chi connectivity index (χ2v) is 5.07. The normalized spacial score (nSPS) is 13.2. The van der Waals surface area contributed by atoms with Crippen molar-refractivity contribution in [2.45, 2.75) is 24.9 Å². The lowest BCUT2D eigenvalue weighted by molar-refractivity contribution is -0.146. The fraction of sp³-hybridized carbons (Fsp3) is 0.545. The van der Waals surface area contributed by atoms with Gasteiger partial charge in [0.1, 0.15) is 12.1 Å². The number of rotatable bonds is 12. The third-order valence-corrected chi connectivity index (χ3v) is 3.38. The van der Waals surface area contributed by atoms with E-state index in [1.54, 1.807) is 6.08 Å². The number of hydrogen-bond donors (Lipinski definition) is 5. The van der Waals surface area contributed by atoms with E-state index in [2.05, 4.69) is 22.3 Å².